The third-order valence-corrected chi connectivity index (χ3v) is 1.80. The number of hydrogen-bond acceptors (Lipinski definition) is 2. The first-order valence-corrected chi connectivity index (χ1v) is 4.12. The monoisotopic (exact) mass is 247 g/mol. The van der Waals surface area contributed by atoms with Crippen LogP contribution in [0.15, 0.2) is 30.3 Å². The van der Waals surface area contributed by atoms with Gasteiger partial charge in [0, 0.05) is 11.1 Å². The summed E-state index contributed by atoms with van der Waals surface area (Å²) in [6, 6.07) is 8.20. The predicted molar refractivity (Wildman–Crippen MR) is 59.8 cm³/mol. The van der Waals surface area contributed by atoms with Crippen LogP contribution in [0.1, 0.15) is 5.56 Å². The fourth-order valence-electron chi connectivity index (χ4n) is 0.933. The summed E-state index contributed by atoms with van der Waals surface area (Å²) in [5.74, 6) is -1.14. The second-order valence-electron chi connectivity index (χ2n) is 2.51. The van der Waals surface area contributed by atoms with E-state index in [9.17, 15) is 4.79 Å². The number of carbonyl (C=O) groups is 1. The molecule has 0 atom stereocenters. The molecule has 0 aliphatic rings. The summed E-state index contributed by atoms with van der Waals surface area (Å²) in [4.78, 5) is 10.4. The third-order valence-electron chi connectivity index (χ3n) is 1.54. The number of allylic oxidation sites excluding steroid dienone is 1. The number of benzene rings is 1. The van der Waals surface area contributed by atoms with Gasteiger partial charge in [0.15, 0.2) is 0 Å². The molecule has 0 saturated carbocycles. The van der Waals surface area contributed by atoms with Crippen molar-refractivity contribution in [1.82, 2.24) is 0 Å². The van der Waals surface area contributed by atoms with Gasteiger partial charge in [-0.2, -0.15) is 5.26 Å². The molecule has 0 amide bonds. The van der Waals surface area contributed by atoms with E-state index in [-0.39, 0.29) is 57.0 Å². The Morgan fingerprint density at radius 1 is 1.40 bits per heavy atom. The Morgan fingerprint density at radius 3 is 2.33 bits per heavy atom. The van der Waals surface area contributed by atoms with Crippen LogP contribution in [0.3, 0.4) is 0 Å². The zero-order valence-electron chi connectivity index (χ0n) is 7.07. The number of carboxylic acids is 1. The van der Waals surface area contributed by atoms with Crippen LogP contribution < -0.4 is 0 Å². The van der Waals surface area contributed by atoms with Gasteiger partial charge in [-0.1, -0.05) is 23.7 Å². The van der Waals surface area contributed by atoms with E-state index in [4.69, 9.17) is 22.0 Å². The first-order chi connectivity index (χ1) is 6.63. The Hall–Kier alpha value is -0.154. The van der Waals surface area contributed by atoms with E-state index in [0.29, 0.717) is 10.6 Å². The van der Waals surface area contributed by atoms with Crippen LogP contribution in [0.4, 0.5) is 0 Å². The summed E-state index contributed by atoms with van der Waals surface area (Å²) in [6.07, 6.45) is 0.864. The van der Waals surface area contributed by atoms with Crippen LogP contribution in [-0.4, -0.2) is 62.5 Å². The third kappa shape index (κ3) is 4.93. The molecule has 1 aromatic rings. The van der Waals surface area contributed by atoms with E-state index in [1.54, 1.807) is 30.3 Å². The van der Waals surface area contributed by atoms with Gasteiger partial charge in [0.05, 0.1) is 5.57 Å². The Kier molecular flexibility index (Phi) is 7.10. The normalized spacial score (nSPS) is 10.0. The van der Waals surface area contributed by atoms with E-state index < -0.39 is 5.97 Å². The number of nitrogens with zero attached hydrogens (tertiary/aromatic N) is 1. The summed E-state index contributed by atoms with van der Waals surface area (Å²) in [7, 11) is 0. The van der Waals surface area contributed by atoms with Gasteiger partial charge in [-0.3, -0.25) is 0 Å². The van der Waals surface area contributed by atoms with Crippen LogP contribution >= 0.6 is 11.6 Å². The van der Waals surface area contributed by atoms with Crippen molar-refractivity contribution >= 4 is 74.5 Å². The topological polar surface area (TPSA) is 61.1 Å². The van der Waals surface area contributed by atoms with Crippen molar-refractivity contribution in [2.75, 3.05) is 0 Å². The van der Waals surface area contributed by atoms with Crippen LogP contribution in [0, 0.1) is 11.3 Å². The van der Waals surface area contributed by atoms with E-state index in [0.717, 1.165) is 6.08 Å². The molecule has 0 aliphatic carbocycles. The molecule has 15 heavy (non-hydrogen) atoms. The summed E-state index contributed by atoms with van der Waals surface area (Å²) in [5, 5.41) is 17.7. The van der Waals surface area contributed by atoms with Gasteiger partial charge in [0.1, 0.15) is 6.07 Å². The van der Waals surface area contributed by atoms with Crippen LogP contribution in [0.5, 0.6) is 0 Å². The number of carboxylic acid groups (broad SMARTS) is 1. The SMILES string of the molecule is N#C/C(=C\C(=O)O)c1ccc(Cl)cc1.[KH]. The number of nitriles is 1. The van der Waals surface area contributed by atoms with Crippen LogP contribution in [-0.2, 0) is 4.79 Å². The molecule has 72 valence electrons. The first-order valence-electron chi connectivity index (χ1n) is 3.74. The molecule has 0 aliphatic heterocycles. The zero-order chi connectivity index (χ0) is 10.6. The molecule has 0 spiro atoms. The summed E-state index contributed by atoms with van der Waals surface area (Å²) in [5.41, 5.74) is 0.647. The Bertz CT molecular complexity index is 420. The van der Waals surface area contributed by atoms with Crippen LogP contribution in [0.2, 0.25) is 5.02 Å². The van der Waals surface area contributed by atoms with Crippen LogP contribution in [0.25, 0.3) is 5.57 Å². The van der Waals surface area contributed by atoms with Crippen molar-refractivity contribution < 1.29 is 9.90 Å². The van der Waals surface area contributed by atoms with Gasteiger partial charge >= 0.3 is 57.4 Å². The number of halogens is 1. The molecule has 3 nitrogen and oxygen atoms in total. The van der Waals surface area contributed by atoms with E-state index in [2.05, 4.69) is 0 Å². The van der Waals surface area contributed by atoms with Gasteiger partial charge in [-0.05, 0) is 17.7 Å². The summed E-state index contributed by atoms with van der Waals surface area (Å²) >= 11 is 5.65. The predicted octanol–water partition coefficient (Wildman–Crippen LogP) is 1.68. The van der Waals surface area contributed by atoms with Crippen molar-refractivity contribution in [3.8, 4) is 6.07 Å². The van der Waals surface area contributed by atoms with Gasteiger partial charge < -0.3 is 5.11 Å². The van der Waals surface area contributed by atoms with Crippen molar-refractivity contribution in [3.63, 3.8) is 0 Å². The first kappa shape index (κ1) is 14.8. The number of rotatable bonds is 2. The van der Waals surface area contributed by atoms with Crippen molar-refractivity contribution in [3.05, 3.63) is 40.9 Å². The minimum atomic E-state index is -1.14. The second kappa shape index (κ2) is 7.17. The molecule has 1 aromatic carbocycles. The minimum absolute atomic E-state index is 0. The number of aliphatic carboxylic acids is 1. The molecule has 0 radical (unpaired) electrons. The van der Waals surface area contributed by atoms with Gasteiger partial charge in [0.2, 0.25) is 0 Å². The van der Waals surface area contributed by atoms with Gasteiger partial charge in [-0.25, -0.2) is 4.79 Å². The molecular formula is C10H7ClKNO2. The molecule has 0 bridgehead atoms. The van der Waals surface area contributed by atoms with Gasteiger partial charge in [-0.15, -0.1) is 0 Å². The molecule has 0 aromatic heterocycles. The average molecular weight is 248 g/mol. The molecule has 1 rings (SSSR count). The fourth-order valence-corrected chi connectivity index (χ4v) is 1.06. The van der Waals surface area contributed by atoms with E-state index >= 15 is 0 Å². The Morgan fingerprint density at radius 2 is 1.93 bits per heavy atom. The standard InChI is InChI=1S/C10H6ClNO2.K.H/c11-9-3-1-7(2-4-9)8(6-12)5-10(13)14;;/h1-5H,(H,13,14);;/b8-5+;;. The summed E-state index contributed by atoms with van der Waals surface area (Å²) < 4.78 is 0. The molecule has 1 N–H and O–H groups in total. The molecular weight excluding hydrogens is 241 g/mol. The molecule has 0 saturated heterocycles. The van der Waals surface area contributed by atoms with Crippen molar-refractivity contribution in [1.29, 1.82) is 5.26 Å². The van der Waals surface area contributed by atoms with Crippen molar-refractivity contribution in [2.45, 2.75) is 0 Å². The fraction of sp³-hybridized carbons (Fsp3) is 0. The zero-order valence-corrected chi connectivity index (χ0v) is 7.82. The maximum absolute atomic E-state index is 10.4. The molecule has 0 fully saturated rings. The Labute approximate surface area is 135 Å². The molecule has 5 heteroatoms. The van der Waals surface area contributed by atoms with Crippen molar-refractivity contribution in [2.24, 2.45) is 0 Å². The molecule has 0 heterocycles. The van der Waals surface area contributed by atoms with E-state index in [1.165, 1.54) is 0 Å². The Balaban J connectivity index is 0.00000196. The second-order valence-corrected chi connectivity index (χ2v) is 2.95. The number of hydrogen-bond donors (Lipinski definition) is 1. The van der Waals surface area contributed by atoms with Gasteiger partial charge in [0.25, 0.3) is 0 Å². The quantitative estimate of drug-likeness (QED) is 0.491. The summed E-state index contributed by atoms with van der Waals surface area (Å²) in [6.45, 7) is 0. The van der Waals surface area contributed by atoms with E-state index in [1.807, 2.05) is 0 Å². The maximum atomic E-state index is 10.4. The molecule has 0 unspecified atom stereocenters. The average Bonchev–Trinajstić information content (AvgIpc) is 2.15.